The highest BCUT2D eigenvalue weighted by Crippen LogP contribution is 2.23. The van der Waals surface area contributed by atoms with E-state index >= 15 is 0 Å². The van der Waals surface area contributed by atoms with E-state index in [-0.39, 0.29) is 11.8 Å². The van der Waals surface area contributed by atoms with Crippen LogP contribution in [0.1, 0.15) is 25.8 Å². The Morgan fingerprint density at radius 3 is 2.89 bits per heavy atom. The number of amides is 1. The SMILES string of the molecule is CCC(C)C(=O)Nc1cc(C#CCN)ccc1Cl. The molecule has 1 amide bonds. The summed E-state index contributed by atoms with van der Waals surface area (Å²) in [6, 6.07) is 5.27. The van der Waals surface area contributed by atoms with Crippen LogP contribution in [0, 0.1) is 17.8 Å². The molecule has 0 aliphatic carbocycles. The first-order chi connectivity index (χ1) is 8.58. The van der Waals surface area contributed by atoms with Gasteiger partial charge in [0.25, 0.3) is 0 Å². The molecule has 96 valence electrons. The number of benzene rings is 1. The van der Waals surface area contributed by atoms with Gasteiger partial charge >= 0.3 is 0 Å². The van der Waals surface area contributed by atoms with Gasteiger partial charge in [0.15, 0.2) is 0 Å². The predicted molar refractivity (Wildman–Crippen MR) is 75.5 cm³/mol. The van der Waals surface area contributed by atoms with Gasteiger partial charge in [-0.3, -0.25) is 4.79 Å². The van der Waals surface area contributed by atoms with Crippen LogP contribution in [0.5, 0.6) is 0 Å². The average Bonchev–Trinajstić information content (AvgIpc) is 2.38. The third-order valence-corrected chi connectivity index (χ3v) is 2.95. The lowest BCUT2D eigenvalue weighted by atomic mass is 10.1. The van der Waals surface area contributed by atoms with Gasteiger partial charge in [-0.2, -0.15) is 0 Å². The van der Waals surface area contributed by atoms with Crippen LogP contribution < -0.4 is 11.1 Å². The lowest BCUT2D eigenvalue weighted by Crippen LogP contribution is -2.19. The fraction of sp³-hybridized carbons (Fsp3) is 0.357. The van der Waals surface area contributed by atoms with Crippen LogP contribution >= 0.6 is 11.6 Å². The molecular formula is C14H17ClN2O. The van der Waals surface area contributed by atoms with E-state index in [1.165, 1.54) is 0 Å². The van der Waals surface area contributed by atoms with Gasteiger partial charge in [-0.1, -0.05) is 37.3 Å². The molecule has 1 atom stereocenters. The first kappa shape index (κ1) is 14.6. The topological polar surface area (TPSA) is 55.1 Å². The van der Waals surface area contributed by atoms with E-state index in [1.54, 1.807) is 18.2 Å². The van der Waals surface area contributed by atoms with Gasteiger partial charge in [-0.05, 0) is 24.6 Å². The second kappa shape index (κ2) is 7.05. The number of rotatable bonds is 3. The van der Waals surface area contributed by atoms with Crippen molar-refractivity contribution in [2.24, 2.45) is 11.7 Å². The maximum atomic E-state index is 11.8. The summed E-state index contributed by atoms with van der Waals surface area (Å²) < 4.78 is 0. The monoisotopic (exact) mass is 264 g/mol. The summed E-state index contributed by atoms with van der Waals surface area (Å²) in [5, 5.41) is 3.31. The van der Waals surface area contributed by atoms with Gasteiger partial charge in [0.05, 0.1) is 17.3 Å². The maximum Gasteiger partial charge on any atom is 0.227 e. The molecule has 0 radical (unpaired) electrons. The van der Waals surface area contributed by atoms with Crippen molar-refractivity contribution in [2.45, 2.75) is 20.3 Å². The summed E-state index contributed by atoms with van der Waals surface area (Å²) in [5.41, 5.74) is 6.68. The highest BCUT2D eigenvalue weighted by Gasteiger charge is 2.12. The van der Waals surface area contributed by atoms with Crippen LogP contribution in [0.4, 0.5) is 5.69 Å². The summed E-state index contributed by atoms with van der Waals surface area (Å²) in [6.07, 6.45) is 0.788. The second-order valence-electron chi connectivity index (χ2n) is 4.00. The predicted octanol–water partition coefficient (Wildman–Crippen LogP) is 2.63. The number of nitrogens with two attached hydrogens (primary N) is 1. The van der Waals surface area contributed by atoms with Gasteiger partial charge in [0, 0.05) is 11.5 Å². The van der Waals surface area contributed by atoms with Crippen molar-refractivity contribution in [1.29, 1.82) is 0 Å². The smallest absolute Gasteiger partial charge is 0.227 e. The van der Waals surface area contributed by atoms with E-state index in [1.807, 2.05) is 13.8 Å². The van der Waals surface area contributed by atoms with Crippen LogP contribution in [0.15, 0.2) is 18.2 Å². The molecular weight excluding hydrogens is 248 g/mol. The minimum atomic E-state index is -0.0418. The van der Waals surface area contributed by atoms with E-state index in [0.717, 1.165) is 12.0 Å². The molecule has 3 nitrogen and oxygen atoms in total. The number of halogens is 1. The minimum absolute atomic E-state index is 0.0386. The summed E-state index contributed by atoms with van der Waals surface area (Å²) in [5.74, 6) is 5.58. The molecule has 0 aromatic heterocycles. The van der Waals surface area contributed by atoms with Crippen molar-refractivity contribution in [3.05, 3.63) is 28.8 Å². The number of carbonyl (C=O) groups excluding carboxylic acids is 1. The summed E-state index contributed by atoms with van der Waals surface area (Å²) in [7, 11) is 0. The molecule has 1 aromatic carbocycles. The van der Waals surface area contributed by atoms with E-state index in [4.69, 9.17) is 17.3 Å². The largest absolute Gasteiger partial charge is 0.324 e. The molecule has 0 spiro atoms. The number of carbonyl (C=O) groups is 1. The van der Waals surface area contributed by atoms with Crippen molar-refractivity contribution >= 4 is 23.2 Å². The third kappa shape index (κ3) is 4.06. The Hall–Kier alpha value is -1.50. The maximum absolute atomic E-state index is 11.8. The molecule has 3 N–H and O–H groups in total. The first-order valence-corrected chi connectivity index (χ1v) is 6.25. The Kier molecular flexibility index (Phi) is 5.70. The van der Waals surface area contributed by atoms with E-state index in [9.17, 15) is 4.79 Å². The lowest BCUT2D eigenvalue weighted by Gasteiger charge is -2.11. The molecule has 0 heterocycles. The van der Waals surface area contributed by atoms with Gasteiger partial charge in [-0.15, -0.1) is 0 Å². The molecule has 4 heteroatoms. The number of hydrogen-bond acceptors (Lipinski definition) is 2. The normalized spacial score (nSPS) is 11.3. The van der Waals surface area contributed by atoms with Crippen molar-refractivity contribution in [3.8, 4) is 11.8 Å². The first-order valence-electron chi connectivity index (χ1n) is 5.87. The van der Waals surface area contributed by atoms with Crippen LogP contribution in [-0.2, 0) is 4.79 Å². The van der Waals surface area contributed by atoms with E-state index in [2.05, 4.69) is 17.2 Å². The minimum Gasteiger partial charge on any atom is -0.324 e. The van der Waals surface area contributed by atoms with Gasteiger partial charge in [0.1, 0.15) is 0 Å². The van der Waals surface area contributed by atoms with Crippen LogP contribution in [0.2, 0.25) is 5.02 Å². The molecule has 0 aliphatic rings. The number of anilines is 1. The standard InChI is InChI=1S/C14H17ClN2O/c1-3-10(2)14(18)17-13-9-11(5-4-8-16)6-7-12(13)15/h6-7,9-10H,3,8,16H2,1-2H3,(H,17,18). The zero-order valence-electron chi connectivity index (χ0n) is 10.6. The van der Waals surface area contributed by atoms with E-state index in [0.29, 0.717) is 17.3 Å². The second-order valence-corrected chi connectivity index (χ2v) is 4.41. The van der Waals surface area contributed by atoms with Crippen molar-refractivity contribution < 1.29 is 4.79 Å². The fourth-order valence-electron chi connectivity index (χ4n) is 1.29. The van der Waals surface area contributed by atoms with Crippen LogP contribution in [-0.4, -0.2) is 12.5 Å². The Balaban J connectivity index is 2.91. The Bertz CT molecular complexity index is 488. The highest BCUT2D eigenvalue weighted by molar-refractivity contribution is 6.33. The van der Waals surface area contributed by atoms with Crippen molar-refractivity contribution in [1.82, 2.24) is 0 Å². The number of nitrogens with one attached hydrogen (secondary N) is 1. The zero-order valence-corrected chi connectivity index (χ0v) is 11.3. The third-order valence-electron chi connectivity index (χ3n) is 2.62. The lowest BCUT2D eigenvalue weighted by molar-refractivity contribution is -0.119. The Labute approximate surface area is 113 Å². The Morgan fingerprint density at radius 1 is 1.56 bits per heavy atom. The van der Waals surface area contributed by atoms with Crippen molar-refractivity contribution in [3.63, 3.8) is 0 Å². The molecule has 0 bridgehead atoms. The number of hydrogen-bond donors (Lipinski definition) is 2. The summed E-state index contributed by atoms with van der Waals surface area (Å²) >= 11 is 6.03. The van der Waals surface area contributed by atoms with Crippen LogP contribution in [0.25, 0.3) is 0 Å². The molecule has 0 aliphatic heterocycles. The molecule has 0 saturated carbocycles. The van der Waals surface area contributed by atoms with Crippen LogP contribution in [0.3, 0.4) is 0 Å². The molecule has 0 fully saturated rings. The fourth-order valence-corrected chi connectivity index (χ4v) is 1.46. The van der Waals surface area contributed by atoms with E-state index < -0.39 is 0 Å². The summed E-state index contributed by atoms with van der Waals surface area (Å²) in [4.78, 5) is 11.8. The van der Waals surface area contributed by atoms with Crippen molar-refractivity contribution in [2.75, 3.05) is 11.9 Å². The molecule has 1 rings (SSSR count). The molecule has 1 aromatic rings. The molecule has 1 unspecified atom stereocenters. The average molecular weight is 265 g/mol. The summed E-state index contributed by atoms with van der Waals surface area (Å²) in [6.45, 7) is 4.15. The zero-order chi connectivity index (χ0) is 13.5. The van der Waals surface area contributed by atoms with Gasteiger partial charge in [-0.25, -0.2) is 0 Å². The van der Waals surface area contributed by atoms with Gasteiger partial charge in [0.2, 0.25) is 5.91 Å². The quantitative estimate of drug-likeness (QED) is 0.825. The molecule has 18 heavy (non-hydrogen) atoms. The highest BCUT2D eigenvalue weighted by atomic mass is 35.5. The van der Waals surface area contributed by atoms with Gasteiger partial charge < -0.3 is 11.1 Å². The molecule has 0 saturated heterocycles. The Morgan fingerprint density at radius 2 is 2.28 bits per heavy atom.